The smallest absolute Gasteiger partial charge is 0.349 e. The molecule has 0 aromatic carbocycles. The third-order valence-electron chi connectivity index (χ3n) is 3.82. The van der Waals surface area contributed by atoms with Crippen molar-refractivity contribution in [3.63, 3.8) is 0 Å². The SMILES string of the molecule is CN=C(NCc1nnc2ccc(C(F)(F)F)cn12)N1CCCC1. The molecule has 0 bridgehead atoms. The van der Waals surface area contributed by atoms with Gasteiger partial charge in [0.15, 0.2) is 17.4 Å². The van der Waals surface area contributed by atoms with Crippen LogP contribution in [0.5, 0.6) is 0 Å². The van der Waals surface area contributed by atoms with Crippen molar-refractivity contribution in [2.75, 3.05) is 20.1 Å². The zero-order valence-corrected chi connectivity index (χ0v) is 12.6. The summed E-state index contributed by atoms with van der Waals surface area (Å²) in [5, 5.41) is 11.0. The number of hydrogen-bond acceptors (Lipinski definition) is 3. The van der Waals surface area contributed by atoms with Gasteiger partial charge < -0.3 is 10.2 Å². The molecule has 1 saturated heterocycles. The van der Waals surface area contributed by atoms with Crippen LogP contribution in [0.1, 0.15) is 24.2 Å². The van der Waals surface area contributed by atoms with Crippen LogP contribution in [0, 0.1) is 0 Å². The van der Waals surface area contributed by atoms with Gasteiger partial charge in [0, 0.05) is 26.3 Å². The lowest BCUT2D eigenvalue weighted by Crippen LogP contribution is -2.39. The molecule has 1 aliphatic rings. The Hall–Kier alpha value is -2.32. The average Bonchev–Trinajstić information content (AvgIpc) is 3.16. The monoisotopic (exact) mass is 326 g/mol. The van der Waals surface area contributed by atoms with Crippen molar-refractivity contribution >= 4 is 11.6 Å². The molecule has 2 aromatic heterocycles. The summed E-state index contributed by atoms with van der Waals surface area (Å²) < 4.78 is 39.8. The first-order valence-electron chi connectivity index (χ1n) is 7.35. The Kier molecular flexibility index (Phi) is 4.10. The lowest BCUT2D eigenvalue weighted by Gasteiger charge is -2.20. The van der Waals surface area contributed by atoms with E-state index in [1.54, 1.807) is 7.05 Å². The second-order valence-corrected chi connectivity index (χ2v) is 5.35. The molecule has 0 spiro atoms. The number of hydrogen-bond donors (Lipinski definition) is 1. The van der Waals surface area contributed by atoms with Gasteiger partial charge in [-0.15, -0.1) is 10.2 Å². The number of fused-ring (bicyclic) bond motifs is 1. The number of pyridine rings is 1. The highest BCUT2D eigenvalue weighted by Gasteiger charge is 2.31. The molecule has 1 aliphatic heterocycles. The highest BCUT2D eigenvalue weighted by Crippen LogP contribution is 2.29. The summed E-state index contributed by atoms with van der Waals surface area (Å²) >= 11 is 0. The minimum atomic E-state index is -4.39. The molecule has 6 nitrogen and oxygen atoms in total. The number of nitrogens with one attached hydrogen (secondary N) is 1. The number of guanidine groups is 1. The first-order valence-corrected chi connectivity index (χ1v) is 7.35. The van der Waals surface area contributed by atoms with Crippen LogP contribution >= 0.6 is 0 Å². The zero-order valence-electron chi connectivity index (χ0n) is 12.6. The standard InChI is InChI=1S/C14H17F3N6/c1-18-13(22-6-2-3-7-22)19-8-12-21-20-11-5-4-10(9-23(11)12)14(15,16)17/h4-5,9H,2-3,6-8H2,1H3,(H,18,19). The van der Waals surface area contributed by atoms with Gasteiger partial charge in [-0.05, 0) is 25.0 Å². The number of aliphatic imine (C=N–C) groups is 1. The number of nitrogens with zero attached hydrogens (tertiary/aromatic N) is 5. The van der Waals surface area contributed by atoms with Gasteiger partial charge >= 0.3 is 6.18 Å². The molecule has 0 amide bonds. The van der Waals surface area contributed by atoms with Crippen LogP contribution in [-0.2, 0) is 12.7 Å². The molecule has 3 rings (SSSR count). The topological polar surface area (TPSA) is 57.8 Å². The Labute approximate surface area is 131 Å². The van der Waals surface area contributed by atoms with Crippen molar-refractivity contribution in [2.24, 2.45) is 4.99 Å². The van der Waals surface area contributed by atoms with Crippen LogP contribution in [0.25, 0.3) is 5.65 Å². The summed E-state index contributed by atoms with van der Waals surface area (Å²) in [4.78, 5) is 6.32. The van der Waals surface area contributed by atoms with Crippen LogP contribution in [0.4, 0.5) is 13.2 Å². The van der Waals surface area contributed by atoms with E-state index in [1.165, 1.54) is 10.5 Å². The minimum Gasteiger partial charge on any atom is -0.349 e. The van der Waals surface area contributed by atoms with Crippen LogP contribution in [0.3, 0.4) is 0 Å². The molecule has 3 heterocycles. The van der Waals surface area contributed by atoms with E-state index in [9.17, 15) is 13.2 Å². The summed E-state index contributed by atoms with van der Waals surface area (Å²) in [6.07, 6.45) is -1.15. The molecule has 0 atom stereocenters. The zero-order chi connectivity index (χ0) is 16.4. The Morgan fingerprint density at radius 3 is 2.65 bits per heavy atom. The maximum Gasteiger partial charge on any atom is 0.417 e. The summed E-state index contributed by atoms with van der Waals surface area (Å²) in [6, 6.07) is 2.32. The largest absolute Gasteiger partial charge is 0.417 e. The fraction of sp³-hybridized carbons (Fsp3) is 0.500. The molecule has 0 saturated carbocycles. The van der Waals surface area contributed by atoms with Crippen LogP contribution in [0.15, 0.2) is 23.3 Å². The van der Waals surface area contributed by atoms with Gasteiger partial charge in [-0.25, -0.2) is 0 Å². The van der Waals surface area contributed by atoms with Crippen LogP contribution < -0.4 is 5.32 Å². The van der Waals surface area contributed by atoms with Crippen LogP contribution in [0.2, 0.25) is 0 Å². The molecule has 23 heavy (non-hydrogen) atoms. The maximum absolute atomic E-state index is 12.8. The lowest BCUT2D eigenvalue weighted by molar-refractivity contribution is -0.137. The average molecular weight is 326 g/mol. The van der Waals surface area contributed by atoms with E-state index in [-0.39, 0.29) is 6.54 Å². The molecule has 0 radical (unpaired) electrons. The van der Waals surface area contributed by atoms with Crippen molar-refractivity contribution < 1.29 is 13.2 Å². The number of likely N-dealkylation sites (tertiary alicyclic amines) is 1. The molecule has 124 valence electrons. The first kappa shape index (κ1) is 15.6. The second kappa shape index (κ2) is 6.05. The van der Waals surface area contributed by atoms with Crippen molar-refractivity contribution in [3.05, 3.63) is 29.7 Å². The van der Waals surface area contributed by atoms with Crippen molar-refractivity contribution in [1.82, 2.24) is 24.8 Å². The molecule has 0 unspecified atom stereocenters. The van der Waals surface area contributed by atoms with E-state index < -0.39 is 11.7 Å². The van der Waals surface area contributed by atoms with Gasteiger partial charge in [0.2, 0.25) is 0 Å². The van der Waals surface area contributed by atoms with Crippen molar-refractivity contribution in [1.29, 1.82) is 0 Å². The normalized spacial score (nSPS) is 16.3. The molecule has 1 N–H and O–H groups in total. The van der Waals surface area contributed by atoms with Gasteiger partial charge in [-0.1, -0.05) is 0 Å². The predicted octanol–water partition coefficient (Wildman–Crippen LogP) is 1.92. The number of aromatic nitrogens is 3. The molecular formula is C14H17F3N6. The second-order valence-electron chi connectivity index (χ2n) is 5.35. The first-order chi connectivity index (χ1) is 11.0. The third-order valence-corrected chi connectivity index (χ3v) is 3.82. The van der Waals surface area contributed by atoms with Crippen LogP contribution in [-0.4, -0.2) is 45.6 Å². The molecule has 9 heteroatoms. The summed E-state index contributed by atoms with van der Waals surface area (Å²) in [7, 11) is 1.68. The number of halogens is 3. The fourth-order valence-corrected chi connectivity index (χ4v) is 2.65. The highest BCUT2D eigenvalue weighted by molar-refractivity contribution is 5.80. The van der Waals surface area contributed by atoms with Gasteiger partial charge in [-0.2, -0.15) is 13.2 Å². The molecular weight excluding hydrogens is 309 g/mol. The van der Waals surface area contributed by atoms with Gasteiger partial charge in [0.25, 0.3) is 0 Å². The molecule has 0 aliphatic carbocycles. The van der Waals surface area contributed by atoms with Gasteiger partial charge in [0.1, 0.15) is 0 Å². The predicted molar refractivity (Wildman–Crippen MR) is 79.0 cm³/mol. The highest BCUT2D eigenvalue weighted by atomic mass is 19.4. The van der Waals surface area contributed by atoms with Crippen molar-refractivity contribution in [2.45, 2.75) is 25.6 Å². The molecule has 1 fully saturated rings. The van der Waals surface area contributed by atoms with E-state index in [0.717, 1.165) is 44.2 Å². The summed E-state index contributed by atoms with van der Waals surface area (Å²) in [6.45, 7) is 2.11. The lowest BCUT2D eigenvalue weighted by atomic mass is 10.3. The van der Waals surface area contributed by atoms with E-state index >= 15 is 0 Å². The van der Waals surface area contributed by atoms with E-state index in [4.69, 9.17) is 0 Å². The Balaban J connectivity index is 1.79. The number of rotatable bonds is 2. The summed E-state index contributed by atoms with van der Waals surface area (Å²) in [5.41, 5.74) is -0.346. The van der Waals surface area contributed by atoms with Gasteiger partial charge in [-0.3, -0.25) is 9.39 Å². The van der Waals surface area contributed by atoms with E-state index in [2.05, 4.69) is 25.4 Å². The van der Waals surface area contributed by atoms with Crippen molar-refractivity contribution in [3.8, 4) is 0 Å². The quantitative estimate of drug-likeness (QED) is 0.677. The number of alkyl halides is 3. The maximum atomic E-state index is 12.8. The summed E-state index contributed by atoms with van der Waals surface area (Å²) in [5.74, 6) is 1.14. The Morgan fingerprint density at radius 1 is 1.26 bits per heavy atom. The Bertz CT molecular complexity index is 715. The third kappa shape index (κ3) is 3.22. The van der Waals surface area contributed by atoms with Gasteiger partial charge in [0.05, 0.1) is 12.1 Å². The van der Waals surface area contributed by atoms with E-state index in [1.807, 2.05) is 0 Å². The van der Waals surface area contributed by atoms with E-state index in [0.29, 0.717) is 11.5 Å². The Morgan fingerprint density at radius 2 is 2.00 bits per heavy atom. The fourth-order valence-electron chi connectivity index (χ4n) is 2.65. The molecule has 2 aromatic rings. The minimum absolute atomic E-state index is 0.256.